The Morgan fingerprint density at radius 3 is 1.85 bits per heavy atom. The van der Waals surface area contributed by atoms with E-state index in [0.29, 0.717) is 5.56 Å². The van der Waals surface area contributed by atoms with Crippen LogP contribution in [-0.4, -0.2) is 23.2 Å². The Morgan fingerprint density at radius 2 is 1.41 bits per heavy atom. The third kappa shape index (κ3) is 1.81. The van der Waals surface area contributed by atoms with Crippen LogP contribution in [0.3, 0.4) is 0 Å². The van der Waals surface area contributed by atoms with Gasteiger partial charge in [-0.05, 0) is 54.4 Å². The molecule has 1 saturated heterocycles. The number of likely N-dealkylation sites (tertiary alicyclic amines) is 1. The number of nitrogens with zero attached hydrogens (tertiary/aromatic N) is 1. The van der Waals surface area contributed by atoms with Crippen LogP contribution in [0.1, 0.15) is 31.4 Å². The predicted octanol–water partition coefficient (Wildman–Crippen LogP) is 5.40. The number of halogens is 3. The number of rotatable bonds is 4. The van der Waals surface area contributed by atoms with Crippen molar-refractivity contribution in [2.75, 3.05) is 0 Å². The molecule has 1 aliphatic heterocycles. The third-order valence-corrected chi connectivity index (χ3v) is 8.04. The topological polar surface area (TPSA) is 3.24 Å². The molecule has 4 fully saturated rings. The highest BCUT2D eigenvalue weighted by atomic mass is 19.4. The first kappa shape index (κ1) is 16.2. The van der Waals surface area contributed by atoms with Gasteiger partial charge in [0.1, 0.15) is 0 Å². The minimum Gasteiger partial charge on any atom is -0.291 e. The first-order valence-corrected chi connectivity index (χ1v) is 9.78. The largest absolute Gasteiger partial charge is 0.397 e. The first-order chi connectivity index (χ1) is 12.8. The highest BCUT2D eigenvalue weighted by molar-refractivity contribution is 5.64. The molecular weight excluding hydrogens is 347 g/mol. The smallest absolute Gasteiger partial charge is 0.291 e. The van der Waals surface area contributed by atoms with E-state index in [1.54, 1.807) is 24.3 Å². The molecular formula is C23H22F3N. The molecule has 1 nitrogen and oxygen atoms in total. The SMILES string of the molecule is CC(C)(c1ccc(-c2ccc(CN3C4C5CC6C3C564)cc2)cc1)C(F)(F)F. The minimum atomic E-state index is -4.26. The lowest BCUT2D eigenvalue weighted by atomic mass is 9.83. The molecule has 4 atom stereocenters. The second-order valence-electron chi connectivity index (χ2n) is 9.41. The molecule has 6 rings (SSSR count). The fourth-order valence-corrected chi connectivity index (χ4v) is 6.21. The van der Waals surface area contributed by atoms with Crippen LogP contribution >= 0.6 is 0 Å². The maximum atomic E-state index is 13.2. The van der Waals surface area contributed by atoms with Crippen molar-refractivity contribution in [1.82, 2.24) is 4.90 Å². The summed E-state index contributed by atoms with van der Waals surface area (Å²) in [4.78, 5) is 2.68. The molecule has 0 N–H and O–H groups in total. The van der Waals surface area contributed by atoms with Crippen LogP contribution in [0.15, 0.2) is 48.5 Å². The van der Waals surface area contributed by atoms with E-state index in [1.807, 2.05) is 0 Å². The first-order valence-electron chi connectivity index (χ1n) is 9.78. The lowest BCUT2D eigenvalue weighted by Crippen LogP contribution is -2.39. The summed E-state index contributed by atoms with van der Waals surface area (Å²) >= 11 is 0. The molecule has 0 radical (unpaired) electrons. The Bertz CT molecular complexity index is 906. The average Bonchev–Trinajstić information content (AvgIpc) is 3.31. The standard InChI is InChI=1S/C23H22F3N/c1-21(2,23(24,25)26)16-9-7-15(8-10-16)14-5-3-13(4-6-14)12-27-19-17-11-18-20(27)22(17,18)19/h3-10,17-20H,11-12H2,1-2H3. The van der Waals surface area contributed by atoms with Crippen molar-refractivity contribution in [2.45, 2.75) is 50.5 Å². The normalized spacial score (nSPS) is 35.6. The van der Waals surface area contributed by atoms with E-state index in [2.05, 4.69) is 29.2 Å². The summed E-state index contributed by atoms with van der Waals surface area (Å²) in [5.74, 6) is 2.04. The maximum Gasteiger partial charge on any atom is 0.397 e. The molecule has 1 spiro atoms. The Kier molecular flexibility index (Phi) is 2.75. The monoisotopic (exact) mass is 369 g/mol. The van der Waals surface area contributed by atoms with Gasteiger partial charge in [0.15, 0.2) is 0 Å². The molecule has 0 bridgehead atoms. The van der Waals surface area contributed by atoms with Crippen molar-refractivity contribution in [3.05, 3.63) is 59.7 Å². The highest BCUT2D eigenvalue weighted by Crippen LogP contribution is 2.96. The van der Waals surface area contributed by atoms with Crippen molar-refractivity contribution >= 4 is 0 Å². The van der Waals surface area contributed by atoms with Crippen molar-refractivity contribution in [2.24, 2.45) is 17.3 Å². The molecule has 4 aliphatic rings. The van der Waals surface area contributed by atoms with E-state index in [1.165, 1.54) is 25.8 Å². The molecule has 4 unspecified atom stereocenters. The summed E-state index contributed by atoms with van der Waals surface area (Å²) in [5, 5.41) is 0. The summed E-state index contributed by atoms with van der Waals surface area (Å²) in [6, 6.07) is 17.1. The Balaban J connectivity index is 1.17. The maximum absolute atomic E-state index is 13.2. The molecule has 0 amide bonds. The van der Waals surface area contributed by atoms with Crippen LogP contribution in [0.5, 0.6) is 0 Å². The molecule has 3 aliphatic carbocycles. The van der Waals surface area contributed by atoms with Gasteiger partial charge in [-0.15, -0.1) is 0 Å². The summed E-state index contributed by atoms with van der Waals surface area (Å²) in [7, 11) is 0. The van der Waals surface area contributed by atoms with E-state index in [9.17, 15) is 13.2 Å². The van der Waals surface area contributed by atoms with Gasteiger partial charge in [0.2, 0.25) is 0 Å². The molecule has 140 valence electrons. The summed E-state index contributed by atoms with van der Waals surface area (Å²) in [6.45, 7) is 3.50. The third-order valence-electron chi connectivity index (χ3n) is 8.04. The van der Waals surface area contributed by atoms with E-state index in [0.717, 1.165) is 47.0 Å². The zero-order valence-electron chi connectivity index (χ0n) is 15.4. The Morgan fingerprint density at radius 1 is 0.889 bits per heavy atom. The van der Waals surface area contributed by atoms with Gasteiger partial charge in [-0.3, -0.25) is 4.90 Å². The second kappa shape index (κ2) is 4.60. The van der Waals surface area contributed by atoms with Crippen LogP contribution < -0.4 is 0 Å². The van der Waals surface area contributed by atoms with Crippen molar-refractivity contribution in [3.8, 4) is 11.1 Å². The van der Waals surface area contributed by atoms with E-state index < -0.39 is 11.6 Å². The van der Waals surface area contributed by atoms with E-state index >= 15 is 0 Å². The molecule has 3 saturated carbocycles. The van der Waals surface area contributed by atoms with Crippen molar-refractivity contribution in [3.63, 3.8) is 0 Å². The molecule has 27 heavy (non-hydrogen) atoms. The predicted molar refractivity (Wildman–Crippen MR) is 98.1 cm³/mol. The highest BCUT2D eigenvalue weighted by Gasteiger charge is 3.01. The van der Waals surface area contributed by atoms with Crippen LogP contribution in [0, 0.1) is 17.3 Å². The number of benzene rings is 2. The minimum absolute atomic E-state index is 0.295. The van der Waals surface area contributed by atoms with Gasteiger partial charge in [0.05, 0.1) is 5.41 Å². The molecule has 2 aromatic rings. The zero-order valence-corrected chi connectivity index (χ0v) is 15.4. The van der Waals surface area contributed by atoms with Gasteiger partial charge in [-0.2, -0.15) is 13.2 Å². The Labute approximate surface area is 157 Å². The zero-order chi connectivity index (χ0) is 18.8. The summed E-state index contributed by atoms with van der Waals surface area (Å²) in [5.41, 5.74) is 2.61. The van der Waals surface area contributed by atoms with Crippen LogP contribution in [-0.2, 0) is 12.0 Å². The summed E-state index contributed by atoms with van der Waals surface area (Å²) < 4.78 is 39.6. The van der Waals surface area contributed by atoms with Gasteiger partial charge in [0.25, 0.3) is 0 Å². The van der Waals surface area contributed by atoms with Crippen LogP contribution in [0.2, 0.25) is 0 Å². The van der Waals surface area contributed by atoms with Gasteiger partial charge in [0, 0.05) is 24.0 Å². The van der Waals surface area contributed by atoms with Crippen LogP contribution in [0.4, 0.5) is 13.2 Å². The van der Waals surface area contributed by atoms with Gasteiger partial charge in [-0.1, -0.05) is 48.5 Å². The fourth-order valence-electron chi connectivity index (χ4n) is 6.21. The van der Waals surface area contributed by atoms with Gasteiger partial charge in [-0.25, -0.2) is 0 Å². The Hall–Kier alpha value is -1.81. The second-order valence-corrected chi connectivity index (χ2v) is 9.41. The van der Waals surface area contributed by atoms with Crippen LogP contribution in [0.25, 0.3) is 11.1 Å². The van der Waals surface area contributed by atoms with E-state index in [4.69, 9.17) is 0 Å². The number of fused-ring (bicyclic) bond motifs is 2. The number of alkyl halides is 3. The number of hydrogen-bond donors (Lipinski definition) is 0. The van der Waals surface area contributed by atoms with Gasteiger partial charge < -0.3 is 0 Å². The molecule has 4 heteroatoms. The molecule has 2 aromatic carbocycles. The molecule has 0 aromatic heterocycles. The lowest BCUT2D eigenvalue weighted by molar-refractivity contribution is -0.180. The fraction of sp³-hybridized carbons (Fsp3) is 0.478. The lowest BCUT2D eigenvalue weighted by Gasteiger charge is -2.30. The number of piperidine rings is 2. The van der Waals surface area contributed by atoms with Crippen molar-refractivity contribution in [1.29, 1.82) is 0 Å². The number of hydrogen-bond acceptors (Lipinski definition) is 1. The summed E-state index contributed by atoms with van der Waals surface area (Å²) in [6.07, 6.45) is -2.78. The van der Waals surface area contributed by atoms with E-state index in [-0.39, 0.29) is 0 Å². The molecule has 1 heterocycles. The quantitative estimate of drug-likeness (QED) is 0.698. The van der Waals surface area contributed by atoms with Crippen molar-refractivity contribution < 1.29 is 13.2 Å². The average molecular weight is 369 g/mol. The van der Waals surface area contributed by atoms with Gasteiger partial charge >= 0.3 is 6.18 Å².